The fraction of sp³-hybridized carbons (Fsp3) is 0.267. The van der Waals surface area contributed by atoms with Crippen LogP contribution >= 0.6 is 22.9 Å². The highest BCUT2D eigenvalue weighted by molar-refractivity contribution is 7.16. The topological polar surface area (TPSA) is 79.0 Å². The SMILES string of the molecule is O=C1CCCc2[nH]c(=O)c(C(=O)NCc3ccc(Cl)s3)cc21. The quantitative estimate of drug-likeness (QED) is 0.904. The number of thiophene rings is 1. The first-order valence-electron chi connectivity index (χ1n) is 6.86. The molecule has 7 heteroatoms. The molecule has 0 saturated carbocycles. The zero-order valence-electron chi connectivity index (χ0n) is 11.6. The van der Waals surface area contributed by atoms with Gasteiger partial charge in [-0.05, 0) is 31.0 Å². The maximum absolute atomic E-state index is 12.2. The molecule has 2 N–H and O–H groups in total. The van der Waals surface area contributed by atoms with E-state index in [0.29, 0.717) is 35.0 Å². The van der Waals surface area contributed by atoms with Gasteiger partial charge >= 0.3 is 0 Å². The third-order valence-corrected chi connectivity index (χ3v) is 4.78. The molecule has 3 rings (SSSR count). The van der Waals surface area contributed by atoms with Crippen LogP contribution in [0.2, 0.25) is 4.34 Å². The summed E-state index contributed by atoms with van der Waals surface area (Å²) in [5, 5.41) is 2.67. The number of nitrogens with one attached hydrogen (secondary N) is 2. The third-order valence-electron chi connectivity index (χ3n) is 3.55. The van der Waals surface area contributed by atoms with E-state index in [1.165, 1.54) is 17.4 Å². The Morgan fingerprint density at radius 1 is 1.32 bits per heavy atom. The van der Waals surface area contributed by atoms with Crippen molar-refractivity contribution < 1.29 is 9.59 Å². The molecule has 0 spiro atoms. The molecule has 0 unspecified atom stereocenters. The lowest BCUT2D eigenvalue weighted by molar-refractivity contribution is 0.0949. The van der Waals surface area contributed by atoms with Crippen LogP contribution in [0.15, 0.2) is 23.0 Å². The summed E-state index contributed by atoms with van der Waals surface area (Å²) in [5.74, 6) is -0.525. The maximum Gasteiger partial charge on any atom is 0.261 e. The number of ketones is 1. The van der Waals surface area contributed by atoms with Crippen molar-refractivity contribution in [1.82, 2.24) is 10.3 Å². The van der Waals surface area contributed by atoms with Gasteiger partial charge in [-0.3, -0.25) is 14.4 Å². The van der Waals surface area contributed by atoms with Gasteiger partial charge in [0.25, 0.3) is 11.5 Å². The Hall–Kier alpha value is -1.92. The summed E-state index contributed by atoms with van der Waals surface area (Å²) in [7, 11) is 0. The minimum absolute atomic E-state index is 0.0309. The van der Waals surface area contributed by atoms with E-state index in [1.54, 1.807) is 6.07 Å². The number of fused-ring (bicyclic) bond motifs is 1. The van der Waals surface area contributed by atoms with Crippen molar-refractivity contribution >= 4 is 34.6 Å². The first-order chi connectivity index (χ1) is 10.5. The molecule has 0 aromatic carbocycles. The zero-order valence-corrected chi connectivity index (χ0v) is 13.1. The summed E-state index contributed by atoms with van der Waals surface area (Å²) in [6.07, 6.45) is 1.84. The second-order valence-electron chi connectivity index (χ2n) is 5.07. The molecule has 0 aliphatic heterocycles. The summed E-state index contributed by atoms with van der Waals surface area (Å²) in [6, 6.07) is 4.97. The third kappa shape index (κ3) is 2.98. The van der Waals surface area contributed by atoms with Crippen molar-refractivity contribution in [1.29, 1.82) is 0 Å². The van der Waals surface area contributed by atoms with E-state index >= 15 is 0 Å². The van der Waals surface area contributed by atoms with Gasteiger partial charge in [-0.25, -0.2) is 0 Å². The first-order valence-corrected chi connectivity index (χ1v) is 8.06. The van der Waals surface area contributed by atoms with Crippen molar-refractivity contribution in [3.63, 3.8) is 0 Å². The number of aromatic nitrogens is 1. The average Bonchev–Trinajstić information content (AvgIpc) is 2.90. The van der Waals surface area contributed by atoms with Crippen LogP contribution in [0.3, 0.4) is 0 Å². The van der Waals surface area contributed by atoms with Gasteiger partial charge in [-0.1, -0.05) is 11.6 Å². The fourth-order valence-electron chi connectivity index (χ4n) is 2.45. The van der Waals surface area contributed by atoms with E-state index in [9.17, 15) is 14.4 Å². The number of Topliss-reactive ketones (excluding diaryl/α,β-unsaturated/α-hetero) is 1. The molecule has 114 valence electrons. The van der Waals surface area contributed by atoms with Gasteiger partial charge in [0.1, 0.15) is 5.56 Å². The number of carbonyl (C=O) groups is 2. The van der Waals surface area contributed by atoms with Gasteiger partial charge in [0.15, 0.2) is 5.78 Å². The molecule has 1 amide bonds. The number of pyridine rings is 1. The molecule has 2 aromatic rings. The number of H-pyrrole nitrogens is 1. The Morgan fingerprint density at radius 3 is 2.86 bits per heavy atom. The largest absolute Gasteiger partial charge is 0.347 e. The summed E-state index contributed by atoms with van der Waals surface area (Å²) < 4.78 is 0.640. The van der Waals surface area contributed by atoms with Crippen LogP contribution in [0.25, 0.3) is 0 Å². The molecule has 0 bridgehead atoms. The highest BCUT2D eigenvalue weighted by atomic mass is 35.5. The van der Waals surface area contributed by atoms with Crippen molar-refractivity contribution in [3.05, 3.63) is 54.6 Å². The lowest BCUT2D eigenvalue weighted by Crippen LogP contribution is -2.31. The van der Waals surface area contributed by atoms with Gasteiger partial charge < -0.3 is 10.3 Å². The summed E-state index contributed by atoms with van der Waals surface area (Å²) in [5.41, 5.74) is 0.588. The molecular formula is C15H13ClN2O3S. The Bertz CT molecular complexity index is 809. The second-order valence-corrected chi connectivity index (χ2v) is 6.87. The monoisotopic (exact) mass is 336 g/mol. The highest BCUT2D eigenvalue weighted by Crippen LogP contribution is 2.21. The summed E-state index contributed by atoms with van der Waals surface area (Å²) >= 11 is 7.19. The molecule has 2 heterocycles. The number of aromatic amines is 1. The first kappa shape index (κ1) is 15.0. The average molecular weight is 337 g/mol. The van der Waals surface area contributed by atoms with E-state index in [-0.39, 0.29) is 11.3 Å². The predicted octanol–water partition coefficient (Wildman–Crippen LogP) is 2.54. The number of amides is 1. The van der Waals surface area contributed by atoms with Crippen LogP contribution in [0.1, 0.15) is 44.1 Å². The number of aryl methyl sites for hydroxylation is 1. The van der Waals surface area contributed by atoms with Gasteiger partial charge in [0.2, 0.25) is 0 Å². The molecule has 0 atom stereocenters. The van der Waals surface area contributed by atoms with Crippen LogP contribution < -0.4 is 10.9 Å². The Kier molecular flexibility index (Phi) is 4.13. The molecule has 0 radical (unpaired) electrons. The standard InChI is InChI=1S/C15H13ClN2O3S/c16-13-5-4-8(22-13)7-17-14(20)10-6-9-11(18-15(10)21)2-1-3-12(9)19/h4-6H,1-3,7H2,(H,17,20)(H,18,21). The van der Waals surface area contributed by atoms with E-state index in [4.69, 9.17) is 11.6 Å². The van der Waals surface area contributed by atoms with Crippen LogP contribution in [0, 0.1) is 0 Å². The van der Waals surface area contributed by atoms with Gasteiger partial charge in [-0.2, -0.15) is 0 Å². The minimum atomic E-state index is -0.494. The number of rotatable bonds is 3. The second kappa shape index (κ2) is 6.06. The number of hydrogen-bond donors (Lipinski definition) is 2. The van der Waals surface area contributed by atoms with Crippen molar-refractivity contribution in [3.8, 4) is 0 Å². The van der Waals surface area contributed by atoms with Crippen LogP contribution in [0.4, 0.5) is 0 Å². The Labute approximate surface area is 135 Å². The molecule has 0 fully saturated rings. The Balaban J connectivity index is 1.81. The molecule has 1 aliphatic rings. The molecular weight excluding hydrogens is 324 g/mol. The number of hydrogen-bond acceptors (Lipinski definition) is 4. The smallest absolute Gasteiger partial charge is 0.261 e. The van der Waals surface area contributed by atoms with E-state index in [0.717, 1.165) is 11.3 Å². The highest BCUT2D eigenvalue weighted by Gasteiger charge is 2.21. The van der Waals surface area contributed by atoms with Gasteiger partial charge in [-0.15, -0.1) is 11.3 Å². The van der Waals surface area contributed by atoms with Gasteiger partial charge in [0.05, 0.1) is 10.9 Å². The number of halogens is 1. The van der Waals surface area contributed by atoms with E-state index in [1.807, 2.05) is 6.07 Å². The normalized spacial score (nSPS) is 13.8. The molecule has 0 saturated heterocycles. The van der Waals surface area contributed by atoms with Crippen molar-refractivity contribution in [2.24, 2.45) is 0 Å². The van der Waals surface area contributed by atoms with Crippen LogP contribution in [-0.2, 0) is 13.0 Å². The van der Waals surface area contributed by atoms with E-state index in [2.05, 4.69) is 10.3 Å². The lowest BCUT2D eigenvalue weighted by Gasteiger charge is -2.14. The van der Waals surface area contributed by atoms with Crippen LogP contribution in [0.5, 0.6) is 0 Å². The Morgan fingerprint density at radius 2 is 2.14 bits per heavy atom. The lowest BCUT2D eigenvalue weighted by atomic mass is 9.93. The zero-order chi connectivity index (χ0) is 15.7. The van der Waals surface area contributed by atoms with Crippen molar-refractivity contribution in [2.45, 2.75) is 25.8 Å². The molecule has 22 heavy (non-hydrogen) atoms. The molecule has 1 aliphatic carbocycles. The molecule has 5 nitrogen and oxygen atoms in total. The number of carbonyl (C=O) groups excluding carboxylic acids is 2. The van der Waals surface area contributed by atoms with Crippen LogP contribution in [-0.4, -0.2) is 16.7 Å². The van der Waals surface area contributed by atoms with Gasteiger partial charge in [0, 0.05) is 22.6 Å². The predicted molar refractivity (Wildman–Crippen MR) is 84.8 cm³/mol. The van der Waals surface area contributed by atoms with E-state index < -0.39 is 11.5 Å². The fourth-order valence-corrected chi connectivity index (χ4v) is 3.48. The van der Waals surface area contributed by atoms with Crippen molar-refractivity contribution in [2.75, 3.05) is 0 Å². The summed E-state index contributed by atoms with van der Waals surface area (Å²) in [6.45, 7) is 0.292. The summed E-state index contributed by atoms with van der Waals surface area (Å²) in [4.78, 5) is 39.6. The minimum Gasteiger partial charge on any atom is -0.347 e. The maximum atomic E-state index is 12.2. The molecule has 2 aromatic heterocycles.